The molecule has 0 atom stereocenters. The van der Waals surface area contributed by atoms with Crippen molar-refractivity contribution < 1.29 is 17.9 Å². The third kappa shape index (κ3) is 4.30. The molecular weight excluding hydrogens is 420 g/mol. The zero-order valence-corrected chi connectivity index (χ0v) is 17.3. The minimum atomic E-state index is -3.50. The summed E-state index contributed by atoms with van der Waals surface area (Å²) in [5.41, 5.74) is 0. The van der Waals surface area contributed by atoms with Crippen molar-refractivity contribution in [2.45, 2.75) is 49.6 Å². The second-order valence-electron chi connectivity index (χ2n) is 6.86. The van der Waals surface area contributed by atoms with E-state index in [1.807, 2.05) is 11.0 Å². The Labute approximate surface area is 163 Å². The summed E-state index contributed by atoms with van der Waals surface area (Å²) < 4.78 is 33.4. The van der Waals surface area contributed by atoms with E-state index < -0.39 is 10.0 Å². The van der Waals surface area contributed by atoms with Gasteiger partial charge in [-0.1, -0.05) is 22.0 Å². The van der Waals surface area contributed by atoms with Crippen LogP contribution in [0.1, 0.15) is 32.6 Å². The average molecular weight is 445 g/mol. The zero-order valence-electron chi connectivity index (χ0n) is 14.9. The first-order valence-electron chi connectivity index (χ1n) is 9.02. The first kappa shape index (κ1) is 19.8. The van der Waals surface area contributed by atoms with Crippen LogP contribution in [0.2, 0.25) is 0 Å². The van der Waals surface area contributed by atoms with E-state index in [2.05, 4.69) is 15.9 Å². The highest BCUT2D eigenvalue weighted by atomic mass is 79.9. The molecule has 144 valence electrons. The standard InChI is InChI=1S/C18H25BrN2O4S/c1-14(22)21(17-7-11-25-12-8-17)16-5-9-20(10-6-16)26(23,24)18-4-2-3-15(19)13-18/h2-4,13,16-17H,5-12H2,1H3. The molecule has 0 spiro atoms. The Morgan fingerprint density at radius 3 is 2.35 bits per heavy atom. The van der Waals surface area contributed by atoms with Gasteiger partial charge in [-0.2, -0.15) is 4.31 Å². The van der Waals surface area contributed by atoms with Gasteiger partial charge in [-0.05, 0) is 43.9 Å². The molecule has 2 aliphatic heterocycles. The number of ether oxygens (including phenoxy) is 1. The van der Waals surface area contributed by atoms with Crippen molar-refractivity contribution in [3.8, 4) is 0 Å². The summed E-state index contributed by atoms with van der Waals surface area (Å²) in [4.78, 5) is 14.5. The second-order valence-corrected chi connectivity index (χ2v) is 9.72. The molecule has 0 N–H and O–H groups in total. The quantitative estimate of drug-likeness (QED) is 0.715. The van der Waals surface area contributed by atoms with Gasteiger partial charge in [0.15, 0.2) is 0 Å². The highest BCUT2D eigenvalue weighted by molar-refractivity contribution is 9.10. The normalized spacial score (nSPS) is 20.8. The predicted octanol–water partition coefficient (Wildman–Crippen LogP) is 2.63. The third-order valence-corrected chi connectivity index (χ3v) is 7.59. The summed E-state index contributed by atoms with van der Waals surface area (Å²) in [6.07, 6.45) is 3.06. The molecule has 2 heterocycles. The molecular formula is C18H25BrN2O4S. The summed E-state index contributed by atoms with van der Waals surface area (Å²) in [6, 6.07) is 7.10. The number of halogens is 1. The Morgan fingerprint density at radius 2 is 1.77 bits per heavy atom. The van der Waals surface area contributed by atoms with Crippen molar-refractivity contribution in [3.05, 3.63) is 28.7 Å². The van der Waals surface area contributed by atoms with Crippen LogP contribution in [-0.4, -0.2) is 61.9 Å². The van der Waals surface area contributed by atoms with E-state index in [1.54, 1.807) is 25.1 Å². The van der Waals surface area contributed by atoms with Crippen LogP contribution < -0.4 is 0 Å². The number of piperidine rings is 1. The van der Waals surface area contributed by atoms with Crippen molar-refractivity contribution in [2.75, 3.05) is 26.3 Å². The van der Waals surface area contributed by atoms with Crippen LogP contribution >= 0.6 is 15.9 Å². The average Bonchev–Trinajstić information content (AvgIpc) is 2.63. The minimum Gasteiger partial charge on any atom is -0.381 e. The number of hydrogen-bond donors (Lipinski definition) is 0. The van der Waals surface area contributed by atoms with Crippen molar-refractivity contribution in [3.63, 3.8) is 0 Å². The molecule has 1 aromatic rings. The fourth-order valence-electron chi connectivity index (χ4n) is 3.91. The van der Waals surface area contributed by atoms with Gasteiger partial charge >= 0.3 is 0 Å². The van der Waals surface area contributed by atoms with Gasteiger partial charge in [0.05, 0.1) is 4.90 Å². The van der Waals surface area contributed by atoms with Crippen molar-refractivity contribution in [1.29, 1.82) is 0 Å². The number of nitrogens with zero attached hydrogens (tertiary/aromatic N) is 2. The van der Waals surface area contributed by atoms with Gasteiger partial charge in [0.1, 0.15) is 0 Å². The van der Waals surface area contributed by atoms with Gasteiger partial charge in [0, 0.05) is 49.8 Å². The zero-order chi connectivity index (χ0) is 18.7. The Balaban J connectivity index is 1.68. The summed E-state index contributed by atoms with van der Waals surface area (Å²) in [5.74, 6) is 0.0743. The first-order valence-corrected chi connectivity index (χ1v) is 11.3. The van der Waals surface area contributed by atoms with E-state index in [-0.39, 0.29) is 18.0 Å². The Bertz CT molecular complexity index is 741. The largest absolute Gasteiger partial charge is 0.381 e. The lowest BCUT2D eigenvalue weighted by Crippen LogP contribution is -2.53. The van der Waals surface area contributed by atoms with E-state index in [0.29, 0.717) is 44.0 Å². The fourth-order valence-corrected chi connectivity index (χ4v) is 5.98. The van der Waals surface area contributed by atoms with Crippen LogP contribution in [0.15, 0.2) is 33.6 Å². The molecule has 1 amide bonds. The molecule has 0 bridgehead atoms. The van der Waals surface area contributed by atoms with Crippen LogP contribution in [0.4, 0.5) is 0 Å². The number of rotatable bonds is 4. The van der Waals surface area contributed by atoms with E-state index in [0.717, 1.165) is 17.3 Å². The maximum Gasteiger partial charge on any atom is 0.243 e. The monoisotopic (exact) mass is 444 g/mol. The maximum atomic E-state index is 12.9. The molecule has 8 heteroatoms. The Hall–Kier alpha value is -0.960. The molecule has 2 fully saturated rings. The molecule has 2 saturated heterocycles. The van der Waals surface area contributed by atoms with Crippen molar-refractivity contribution in [1.82, 2.24) is 9.21 Å². The Morgan fingerprint density at radius 1 is 1.15 bits per heavy atom. The molecule has 2 aliphatic rings. The summed E-state index contributed by atoms with van der Waals surface area (Å²) in [5, 5.41) is 0. The summed E-state index contributed by atoms with van der Waals surface area (Å²) >= 11 is 3.33. The topological polar surface area (TPSA) is 66.9 Å². The van der Waals surface area contributed by atoms with Gasteiger partial charge in [0.2, 0.25) is 15.9 Å². The van der Waals surface area contributed by atoms with Crippen LogP contribution in [0.25, 0.3) is 0 Å². The second kappa shape index (κ2) is 8.37. The summed E-state index contributed by atoms with van der Waals surface area (Å²) in [7, 11) is -3.50. The summed E-state index contributed by atoms with van der Waals surface area (Å²) in [6.45, 7) is 3.86. The van der Waals surface area contributed by atoms with Crippen molar-refractivity contribution in [2.24, 2.45) is 0 Å². The molecule has 26 heavy (non-hydrogen) atoms. The lowest BCUT2D eigenvalue weighted by atomic mass is 9.99. The lowest BCUT2D eigenvalue weighted by Gasteiger charge is -2.43. The molecule has 0 aromatic heterocycles. The number of amides is 1. The predicted molar refractivity (Wildman–Crippen MR) is 102 cm³/mol. The molecule has 3 rings (SSSR count). The van der Waals surface area contributed by atoms with E-state index in [9.17, 15) is 13.2 Å². The Kier molecular flexibility index (Phi) is 6.37. The first-order chi connectivity index (χ1) is 12.4. The molecule has 0 radical (unpaired) electrons. The van der Waals surface area contributed by atoms with Crippen LogP contribution in [0, 0.1) is 0 Å². The van der Waals surface area contributed by atoms with E-state index in [1.165, 1.54) is 4.31 Å². The van der Waals surface area contributed by atoms with Gasteiger partial charge in [-0.15, -0.1) is 0 Å². The number of carbonyl (C=O) groups excluding carboxylic acids is 1. The van der Waals surface area contributed by atoms with Crippen LogP contribution in [0.3, 0.4) is 0 Å². The lowest BCUT2D eigenvalue weighted by molar-refractivity contribution is -0.137. The number of hydrogen-bond acceptors (Lipinski definition) is 4. The van der Waals surface area contributed by atoms with E-state index >= 15 is 0 Å². The molecule has 0 aliphatic carbocycles. The van der Waals surface area contributed by atoms with E-state index in [4.69, 9.17) is 4.74 Å². The smallest absolute Gasteiger partial charge is 0.243 e. The number of benzene rings is 1. The highest BCUT2D eigenvalue weighted by Crippen LogP contribution is 2.27. The molecule has 1 aromatic carbocycles. The van der Waals surface area contributed by atoms with Gasteiger partial charge in [-0.3, -0.25) is 4.79 Å². The molecule has 0 saturated carbocycles. The van der Waals surface area contributed by atoms with Crippen LogP contribution in [-0.2, 0) is 19.6 Å². The van der Waals surface area contributed by atoms with Gasteiger partial charge in [-0.25, -0.2) is 8.42 Å². The highest BCUT2D eigenvalue weighted by Gasteiger charge is 2.35. The molecule has 6 nitrogen and oxygen atoms in total. The van der Waals surface area contributed by atoms with Crippen LogP contribution in [0.5, 0.6) is 0 Å². The van der Waals surface area contributed by atoms with Crippen molar-refractivity contribution >= 4 is 31.9 Å². The molecule has 0 unspecified atom stereocenters. The SMILES string of the molecule is CC(=O)N(C1CCOCC1)C1CCN(S(=O)(=O)c2cccc(Br)c2)CC1. The minimum absolute atomic E-state index is 0.0743. The third-order valence-electron chi connectivity index (χ3n) is 5.20. The maximum absolute atomic E-state index is 12.9. The van der Waals surface area contributed by atoms with Gasteiger partial charge < -0.3 is 9.64 Å². The van der Waals surface area contributed by atoms with Gasteiger partial charge in [0.25, 0.3) is 0 Å². The fraction of sp³-hybridized carbons (Fsp3) is 0.611. The number of carbonyl (C=O) groups is 1. The number of sulfonamides is 1.